The number of fused-ring (bicyclic) bond motifs is 2. The Labute approximate surface area is 231 Å². The normalized spacial score (nSPS) is 13.2. The quantitative estimate of drug-likeness (QED) is 0.207. The van der Waals surface area contributed by atoms with Gasteiger partial charge in [-0.1, -0.05) is 56.5 Å². The summed E-state index contributed by atoms with van der Waals surface area (Å²) in [7, 11) is 0. The van der Waals surface area contributed by atoms with E-state index < -0.39 is 5.60 Å². The van der Waals surface area contributed by atoms with Crippen LogP contribution in [0.15, 0.2) is 48.5 Å². The highest BCUT2D eigenvalue weighted by Gasteiger charge is 2.36. The van der Waals surface area contributed by atoms with Gasteiger partial charge in [0.15, 0.2) is 0 Å². The van der Waals surface area contributed by atoms with Crippen molar-refractivity contribution in [3.63, 3.8) is 0 Å². The molecule has 1 aliphatic heterocycles. The summed E-state index contributed by atoms with van der Waals surface area (Å²) < 4.78 is 5.75. The van der Waals surface area contributed by atoms with E-state index in [1.54, 1.807) is 11.0 Å². The number of carbonyl (C=O) groups is 3. The minimum Gasteiger partial charge on any atom is -0.443 e. The van der Waals surface area contributed by atoms with E-state index in [4.69, 9.17) is 4.74 Å². The summed E-state index contributed by atoms with van der Waals surface area (Å²) >= 11 is 0. The topological polar surface area (TPSA) is 79.8 Å². The molecular formula is C32H39N3O4. The van der Waals surface area contributed by atoms with E-state index in [0.29, 0.717) is 24.2 Å². The predicted molar refractivity (Wildman–Crippen MR) is 154 cm³/mol. The van der Waals surface area contributed by atoms with E-state index in [0.717, 1.165) is 66.4 Å². The average Bonchev–Trinajstić information content (AvgIpc) is 3.12. The first-order valence-corrected chi connectivity index (χ1v) is 14.0. The minimum atomic E-state index is -0.614. The van der Waals surface area contributed by atoms with Crippen molar-refractivity contribution < 1.29 is 19.1 Å². The number of anilines is 1. The van der Waals surface area contributed by atoms with Crippen LogP contribution in [0.3, 0.4) is 0 Å². The second-order valence-corrected chi connectivity index (χ2v) is 11.2. The van der Waals surface area contributed by atoms with Crippen molar-refractivity contribution in [2.75, 3.05) is 18.0 Å². The van der Waals surface area contributed by atoms with Gasteiger partial charge in [0.05, 0.1) is 22.3 Å². The van der Waals surface area contributed by atoms with Crippen LogP contribution in [-0.2, 0) is 11.2 Å². The summed E-state index contributed by atoms with van der Waals surface area (Å²) in [6.07, 6.45) is 4.51. The second kappa shape index (κ2) is 12.0. The summed E-state index contributed by atoms with van der Waals surface area (Å²) in [5.74, 6) is -0.362. The first kappa shape index (κ1) is 28.3. The third-order valence-corrected chi connectivity index (χ3v) is 6.85. The van der Waals surface area contributed by atoms with Gasteiger partial charge in [-0.2, -0.15) is 0 Å². The van der Waals surface area contributed by atoms with Gasteiger partial charge < -0.3 is 4.74 Å². The fraction of sp³-hybridized carbons (Fsp3) is 0.438. The van der Waals surface area contributed by atoms with Crippen molar-refractivity contribution in [1.29, 1.82) is 0 Å². The number of para-hydroxylation sites is 1. The zero-order chi connectivity index (χ0) is 28.2. The van der Waals surface area contributed by atoms with Crippen molar-refractivity contribution in [3.8, 4) is 0 Å². The van der Waals surface area contributed by atoms with Crippen LogP contribution in [0, 0.1) is 6.92 Å². The zero-order valence-corrected chi connectivity index (χ0v) is 23.8. The maximum absolute atomic E-state index is 13.3. The van der Waals surface area contributed by atoms with Crippen molar-refractivity contribution in [2.45, 2.75) is 78.7 Å². The molecule has 3 amide bonds. The van der Waals surface area contributed by atoms with Crippen LogP contribution < -0.4 is 4.90 Å². The monoisotopic (exact) mass is 529 g/mol. The number of hydrogen-bond acceptors (Lipinski definition) is 5. The lowest BCUT2D eigenvalue weighted by atomic mass is 9.99. The molecule has 0 saturated carbocycles. The van der Waals surface area contributed by atoms with E-state index in [1.807, 2.05) is 70.2 Å². The Bertz CT molecular complexity index is 1380. The summed E-state index contributed by atoms with van der Waals surface area (Å²) in [6.45, 7) is 10.5. The number of benzene rings is 2. The van der Waals surface area contributed by atoms with E-state index in [-0.39, 0.29) is 17.9 Å². The molecule has 0 aliphatic carbocycles. The molecule has 0 fully saturated rings. The molecule has 4 rings (SSSR count). The van der Waals surface area contributed by atoms with Gasteiger partial charge in [0, 0.05) is 24.2 Å². The van der Waals surface area contributed by atoms with Gasteiger partial charge in [0.25, 0.3) is 11.8 Å². The molecule has 7 heteroatoms. The SMILES string of the molecule is CCCc1cccc2c1C(=O)N(CCCCCCN(C(=O)OC(C)(C)C)c1cc(C)nc3ccccc13)C2=O. The van der Waals surface area contributed by atoms with E-state index in [1.165, 1.54) is 4.90 Å². The van der Waals surface area contributed by atoms with Gasteiger partial charge in [0.2, 0.25) is 0 Å². The summed E-state index contributed by atoms with van der Waals surface area (Å²) in [6, 6.07) is 15.3. The maximum atomic E-state index is 13.3. The Hall–Kier alpha value is -3.74. The van der Waals surface area contributed by atoms with Gasteiger partial charge >= 0.3 is 6.09 Å². The lowest BCUT2D eigenvalue weighted by molar-refractivity contribution is 0.0576. The molecule has 0 saturated heterocycles. The fourth-order valence-electron chi connectivity index (χ4n) is 5.11. The standard InChI is InChI=1S/C32H39N3O4/c1-6-14-23-15-13-17-25-28(23)30(37)35(29(25)36)20-12-8-7-11-19-34(31(38)39-32(3,4)5)27-21-22(2)33-26-18-10-9-16-24(26)27/h9-10,13,15-18,21H,6-8,11-12,14,19-20H2,1-5H3. The molecule has 1 aliphatic rings. The Balaban J connectivity index is 1.38. The smallest absolute Gasteiger partial charge is 0.414 e. The fourth-order valence-corrected chi connectivity index (χ4v) is 5.11. The first-order valence-electron chi connectivity index (χ1n) is 14.0. The minimum absolute atomic E-state index is 0.171. The Kier molecular flexibility index (Phi) is 8.68. The van der Waals surface area contributed by atoms with Gasteiger partial charge in [-0.15, -0.1) is 0 Å². The summed E-state index contributed by atoms with van der Waals surface area (Å²) in [5, 5.41) is 0.905. The van der Waals surface area contributed by atoms with Crippen molar-refractivity contribution in [2.24, 2.45) is 0 Å². The molecule has 206 valence electrons. The van der Waals surface area contributed by atoms with Crippen LogP contribution in [-0.4, -0.2) is 46.5 Å². The lowest BCUT2D eigenvalue weighted by Crippen LogP contribution is -2.37. The number of amides is 3. The van der Waals surface area contributed by atoms with E-state index in [9.17, 15) is 14.4 Å². The zero-order valence-electron chi connectivity index (χ0n) is 23.8. The predicted octanol–water partition coefficient (Wildman–Crippen LogP) is 7.09. The number of aromatic nitrogens is 1. The first-order chi connectivity index (χ1) is 18.6. The number of ether oxygens (including phenoxy) is 1. The molecule has 0 N–H and O–H groups in total. The highest BCUT2D eigenvalue weighted by atomic mass is 16.6. The number of nitrogens with zero attached hydrogens (tertiary/aromatic N) is 3. The molecule has 0 bridgehead atoms. The highest BCUT2D eigenvalue weighted by molar-refractivity contribution is 6.22. The van der Waals surface area contributed by atoms with Crippen LogP contribution in [0.2, 0.25) is 0 Å². The molecule has 2 heterocycles. The number of imide groups is 1. The number of carbonyl (C=O) groups excluding carboxylic acids is 3. The van der Waals surface area contributed by atoms with Crippen molar-refractivity contribution in [1.82, 2.24) is 9.88 Å². The molecule has 0 radical (unpaired) electrons. The van der Waals surface area contributed by atoms with Crippen LogP contribution in [0.5, 0.6) is 0 Å². The molecule has 0 unspecified atom stereocenters. The third-order valence-electron chi connectivity index (χ3n) is 6.85. The Morgan fingerprint density at radius 3 is 2.46 bits per heavy atom. The number of aryl methyl sites for hydroxylation is 2. The summed E-state index contributed by atoms with van der Waals surface area (Å²) in [5.41, 5.74) is 3.91. The molecular weight excluding hydrogens is 490 g/mol. The maximum Gasteiger partial charge on any atom is 0.414 e. The van der Waals surface area contributed by atoms with Gasteiger partial charge in [-0.25, -0.2) is 4.79 Å². The number of unbranched alkanes of at least 4 members (excludes halogenated alkanes) is 3. The lowest BCUT2D eigenvalue weighted by Gasteiger charge is -2.28. The second-order valence-electron chi connectivity index (χ2n) is 11.2. The van der Waals surface area contributed by atoms with Crippen LogP contribution in [0.1, 0.15) is 91.8 Å². The van der Waals surface area contributed by atoms with Crippen molar-refractivity contribution >= 4 is 34.5 Å². The Morgan fingerprint density at radius 2 is 1.72 bits per heavy atom. The molecule has 7 nitrogen and oxygen atoms in total. The van der Waals surface area contributed by atoms with E-state index >= 15 is 0 Å². The molecule has 2 aromatic carbocycles. The van der Waals surface area contributed by atoms with Crippen LogP contribution in [0.4, 0.5) is 10.5 Å². The molecule has 0 spiro atoms. The van der Waals surface area contributed by atoms with Gasteiger partial charge in [-0.05, 0) is 70.7 Å². The largest absolute Gasteiger partial charge is 0.443 e. The third kappa shape index (κ3) is 6.47. The number of pyridine rings is 1. The van der Waals surface area contributed by atoms with Gasteiger partial charge in [0.1, 0.15) is 5.60 Å². The molecule has 3 aromatic rings. The highest BCUT2D eigenvalue weighted by Crippen LogP contribution is 2.30. The number of hydrogen-bond donors (Lipinski definition) is 0. The Morgan fingerprint density at radius 1 is 0.974 bits per heavy atom. The molecule has 39 heavy (non-hydrogen) atoms. The van der Waals surface area contributed by atoms with Crippen LogP contribution >= 0.6 is 0 Å². The summed E-state index contributed by atoms with van der Waals surface area (Å²) in [4.78, 5) is 46.9. The molecule has 0 atom stereocenters. The number of rotatable bonds is 10. The van der Waals surface area contributed by atoms with E-state index in [2.05, 4.69) is 11.9 Å². The molecule has 1 aromatic heterocycles. The van der Waals surface area contributed by atoms with Crippen molar-refractivity contribution in [3.05, 3.63) is 70.9 Å². The van der Waals surface area contributed by atoms with Crippen LogP contribution in [0.25, 0.3) is 10.9 Å². The van der Waals surface area contributed by atoms with Gasteiger partial charge in [-0.3, -0.25) is 24.4 Å². The average molecular weight is 530 g/mol.